The van der Waals surface area contributed by atoms with Gasteiger partial charge in [0.1, 0.15) is 0 Å². The van der Waals surface area contributed by atoms with Gasteiger partial charge < -0.3 is 15.4 Å². The number of ether oxygens (including phenoxy) is 1. The largest absolute Gasteiger partial charge is 0.436 e. The van der Waals surface area contributed by atoms with Crippen LogP contribution in [0.4, 0.5) is 4.79 Å². The molecule has 3 unspecified atom stereocenters. The molecule has 3 amide bonds. The summed E-state index contributed by atoms with van der Waals surface area (Å²) in [5.41, 5.74) is 0.908. The Morgan fingerprint density at radius 2 is 1.94 bits per heavy atom. The molecule has 1 aliphatic heterocycles. The SMILES string of the molecule is CC(C)CC(OC(=O)NCc1ccccc1)C(=O)N(C(=O)C(C)CC#N)C1CCNC1. The number of benzene rings is 1. The summed E-state index contributed by atoms with van der Waals surface area (Å²) >= 11 is 0. The van der Waals surface area contributed by atoms with E-state index in [1.807, 2.05) is 50.2 Å². The minimum Gasteiger partial charge on any atom is -0.436 e. The van der Waals surface area contributed by atoms with E-state index < -0.39 is 29.9 Å². The van der Waals surface area contributed by atoms with Gasteiger partial charge in [-0.25, -0.2) is 4.79 Å². The maximum atomic E-state index is 13.4. The van der Waals surface area contributed by atoms with Crippen LogP contribution in [0.1, 0.15) is 45.6 Å². The molecule has 0 spiro atoms. The lowest BCUT2D eigenvalue weighted by atomic mass is 10.0. The third-order valence-electron chi connectivity index (χ3n) is 5.18. The number of amides is 3. The van der Waals surface area contributed by atoms with E-state index in [9.17, 15) is 14.4 Å². The highest BCUT2D eigenvalue weighted by molar-refractivity contribution is 5.99. The molecule has 0 saturated carbocycles. The van der Waals surface area contributed by atoms with Crippen LogP contribution in [0.5, 0.6) is 0 Å². The Morgan fingerprint density at radius 3 is 2.52 bits per heavy atom. The molecule has 1 saturated heterocycles. The quantitative estimate of drug-likeness (QED) is 0.625. The number of nitriles is 1. The summed E-state index contributed by atoms with van der Waals surface area (Å²) in [6.45, 7) is 6.95. The Bertz CT molecular complexity index is 785. The maximum absolute atomic E-state index is 13.4. The fourth-order valence-corrected chi connectivity index (χ4v) is 3.51. The van der Waals surface area contributed by atoms with Crippen LogP contribution in [-0.4, -0.2) is 48.0 Å². The Hall–Kier alpha value is -2.92. The van der Waals surface area contributed by atoms with Crippen molar-refractivity contribution in [3.05, 3.63) is 35.9 Å². The first-order valence-electron chi connectivity index (χ1n) is 10.8. The van der Waals surface area contributed by atoms with Gasteiger partial charge in [-0.2, -0.15) is 5.26 Å². The first kappa shape index (κ1) is 24.4. The van der Waals surface area contributed by atoms with Crippen molar-refractivity contribution in [3.8, 4) is 6.07 Å². The zero-order valence-corrected chi connectivity index (χ0v) is 18.5. The lowest BCUT2D eigenvalue weighted by molar-refractivity contribution is -0.155. The standard InChI is InChI=1S/C23H32N4O4/c1-16(2)13-20(31-23(30)26-14-18-7-5-4-6-8-18)22(29)27(19-10-12-25-15-19)21(28)17(3)9-11-24/h4-8,16-17,19-20,25H,9-10,12-15H2,1-3H3,(H,26,30). The first-order chi connectivity index (χ1) is 14.8. The smallest absolute Gasteiger partial charge is 0.408 e. The molecular formula is C23H32N4O4. The second kappa shape index (κ2) is 12.1. The highest BCUT2D eigenvalue weighted by Gasteiger charge is 2.39. The van der Waals surface area contributed by atoms with E-state index in [1.54, 1.807) is 6.92 Å². The summed E-state index contributed by atoms with van der Waals surface area (Å²) < 4.78 is 5.50. The molecule has 2 rings (SSSR count). The lowest BCUT2D eigenvalue weighted by Crippen LogP contribution is -2.53. The normalized spacial score (nSPS) is 17.5. The number of carbonyl (C=O) groups is 3. The number of carbonyl (C=O) groups excluding carboxylic acids is 3. The number of rotatable bonds is 9. The van der Waals surface area contributed by atoms with Crippen molar-refractivity contribution in [1.82, 2.24) is 15.5 Å². The molecule has 1 aliphatic rings. The summed E-state index contributed by atoms with van der Waals surface area (Å²) in [7, 11) is 0. The van der Waals surface area contributed by atoms with Crippen LogP contribution in [0, 0.1) is 23.2 Å². The minimum absolute atomic E-state index is 0.0238. The van der Waals surface area contributed by atoms with E-state index in [4.69, 9.17) is 10.00 Å². The molecule has 31 heavy (non-hydrogen) atoms. The Labute approximate surface area is 183 Å². The van der Waals surface area contributed by atoms with Gasteiger partial charge in [0.05, 0.1) is 12.1 Å². The Kier molecular flexibility index (Phi) is 9.47. The van der Waals surface area contributed by atoms with Gasteiger partial charge in [-0.1, -0.05) is 51.1 Å². The van der Waals surface area contributed by atoms with E-state index in [0.717, 1.165) is 5.56 Å². The number of alkyl carbamates (subject to hydrolysis) is 1. The average Bonchev–Trinajstić information content (AvgIpc) is 3.26. The Morgan fingerprint density at radius 1 is 1.23 bits per heavy atom. The molecule has 0 aliphatic carbocycles. The summed E-state index contributed by atoms with van der Waals surface area (Å²) in [6.07, 6.45) is -0.824. The van der Waals surface area contributed by atoms with Gasteiger partial charge in [0, 0.05) is 25.4 Å². The van der Waals surface area contributed by atoms with Crippen molar-refractivity contribution < 1.29 is 19.1 Å². The van der Waals surface area contributed by atoms with Crippen molar-refractivity contribution in [2.75, 3.05) is 13.1 Å². The summed E-state index contributed by atoms with van der Waals surface area (Å²) in [5, 5.41) is 14.8. The van der Waals surface area contributed by atoms with E-state index >= 15 is 0 Å². The van der Waals surface area contributed by atoms with Crippen molar-refractivity contribution in [2.24, 2.45) is 11.8 Å². The van der Waals surface area contributed by atoms with Gasteiger partial charge in [0.15, 0.2) is 6.10 Å². The highest BCUT2D eigenvalue weighted by atomic mass is 16.6. The van der Waals surface area contributed by atoms with Gasteiger partial charge in [-0.15, -0.1) is 0 Å². The monoisotopic (exact) mass is 428 g/mol. The van der Waals surface area contributed by atoms with Crippen LogP contribution in [0.15, 0.2) is 30.3 Å². The first-order valence-corrected chi connectivity index (χ1v) is 10.8. The average molecular weight is 429 g/mol. The van der Waals surface area contributed by atoms with Gasteiger partial charge in [-0.3, -0.25) is 14.5 Å². The van der Waals surface area contributed by atoms with Crippen LogP contribution in [-0.2, 0) is 20.9 Å². The molecule has 1 heterocycles. The van der Waals surface area contributed by atoms with Crippen LogP contribution in [0.3, 0.4) is 0 Å². The molecular weight excluding hydrogens is 396 g/mol. The highest BCUT2D eigenvalue weighted by Crippen LogP contribution is 2.20. The number of nitrogens with one attached hydrogen (secondary N) is 2. The molecule has 0 aromatic heterocycles. The van der Waals surface area contributed by atoms with E-state index in [2.05, 4.69) is 10.6 Å². The van der Waals surface area contributed by atoms with Gasteiger partial charge in [0.2, 0.25) is 5.91 Å². The predicted molar refractivity (Wildman–Crippen MR) is 116 cm³/mol. The van der Waals surface area contributed by atoms with E-state index in [-0.39, 0.29) is 24.9 Å². The molecule has 168 valence electrons. The molecule has 1 aromatic rings. The molecule has 0 radical (unpaired) electrons. The molecule has 8 heteroatoms. The van der Waals surface area contributed by atoms with Crippen LogP contribution >= 0.6 is 0 Å². The van der Waals surface area contributed by atoms with Gasteiger partial charge in [0.25, 0.3) is 5.91 Å². The van der Waals surface area contributed by atoms with Crippen LogP contribution < -0.4 is 10.6 Å². The number of imide groups is 1. The maximum Gasteiger partial charge on any atom is 0.408 e. The van der Waals surface area contributed by atoms with Gasteiger partial charge in [-0.05, 0) is 30.9 Å². The second-order valence-electron chi connectivity index (χ2n) is 8.32. The topological polar surface area (TPSA) is 112 Å². The fraction of sp³-hybridized carbons (Fsp3) is 0.565. The van der Waals surface area contributed by atoms with Gasteiger partial charge >= 0.3 is 6.09 Å². The predicted octanol–water partition coefficient (Wildman–Crippen LogP) is 2.59. The number of hydrogen-bond donors (Lipinski definition) is 2. The number of nitrogens with zero attached hydrogens (tertiary/aromatic N) is 2. The summed E-state index contributed by atoms with van der Waals surface area (Å²) in [5.74, 6) is -1.46. The zero-order valence-electron chi connectivity index (χ0n) is 18.5. The molecule has 1 fully saturated rings. The fourth-order valence-electron chi connectivity index (χ4n) is 3.51. The second-order valence-corrected chi connectivity index (χ2v) is 8.32. The van der Waals surface area contributed by atoms with Crippen molar-refractivity contribution >= 4 is 17.9 Å². The zero-order chi connectivity index (χ0) is 22.8. The summed E-state index contributed by atoms with van der Waals surface area (Å²) in [4.78, 5) is 40.1. The molecule has 2 N–H and O–H groups in total. The third-order valence-corrected chi connectivity index (χ3v) is 5.18. The lowest BCUT2D eigenvalue weighted by Gasteiger charge is -2.32. The van der Waals surface area contributed by atoms with Crippen LogP contribution in [0.25, 0.3) is 0 Å². The third kappa shape index (κ3) is 7.37. The van der Waals surface area contributed by atoms with Crippen molar-refractivity contribution in [1.29, 1.82) is 5.26 Å². The minimum atomic E-state index is -1.07. The molecule has 1 aromatic carbocycles. The molecule has 3 atom stereocenters. The Balaban J connectivity index is 2.14. The number of hydrogen-bond acceptors (Lipinski definition) is 6. The van der Waals surface area contributed by atoms with Crippen LogP contribution in [0.2, 0.25) is 0 Å². The van der Waals surface area contributed by atoms with E-state index in [0.29, 0.717) is 25.9 Å². The molecule has 8 nitrogen and oxygen atoms in total. The molecule has 0 bridgehead atoms. The van der Waals surface area contributed by atoms with E-state index in [1.165, 1.54) is 4.90 Å². The van der Waals surface area contributed by atoms with Crippen molar-refractivity contribution in [2.45, 2.75) is 58.7 Å². The summed E-state index contributed by atoms with van der Waals surface area (Å²) in [6, 6.07) is 11.1. The van der Waals surface area contributed by atoms with Crippen molar-refractivity contribution in [3.63, 3.8) is 0 Å².